The monoisotopic (exact) mass is 133 g/mol. The van der Waals surface area contributed by atoms with E-state index in [4.69, 9.17) is 15.9 Å². The Morgan fingerprint density at radius 1 is 1.33 bits per heavy atom. The van der Waals surface area contributed by atoms with Crippen LogP contribution in [0.4, 0.5) is 0 Å². The number of aliphatic hydroxyl groups is 2. The van der Waals surface area contributed by atoms with Crippen LogP contribution in [0.25, 0.3) is 0 Å². The predicted octanol–water partition coefficient (Wildman–Crippen LogP) is -0.533. The molecular formula is C6H15NO2. The SMILES string of the molecule is CCCC(O)C(O)CN. The normalized spacial score (nSPS) is 17.3. The maximum atomic E-state index is 8.99. The zero-order chi connectivity index (χ0) is 7.28. The van der Waals surface area contributed by atoms with Crippen molar-refractivity contribution in [2.24, 2.45) is 5.73 Å². The van der Waals surface area contributed by atoms with Gasteiger partial charge in [0.15, 0.2) is 0 Å². The van der Waals surface area contributed by atoms with Crippen molar-refractivity contribution in [2.75, 3.05) is 6.54 Å². The van der Waals surface area contributed by atoms with Gasteiger partial charge in [0, 0.05) is 6.54 Å². The van der Waals surface area contributed by atoms with E-state index in [-0.39, 0.29) is 6.54 Å². The van der Waals surface area contributed by atoms with Gasteiger partial charge in [0.1, 0.15) is 0 Å². The van der Waals surface area contributed by atoms with Crippen molar-refractivity contribution >= 4 is 0 Å². The minimum Gasteiger partial charge on any atom is -0.390 e. The first-order chi connectivity index (χ1) is 4.22. The first kappa shape index (κ1) is 8.88. The Morgan fingerprint density at radius 2 is 1.89 bits per heavy atom. The average Bonchev–Trinajstić information content (AvgIpc) is 1.87. The van der Waals surface area contributed by atoms with Gasteiger partial charge in [0.05, 0.1) is 12.2 Å². The lowest BCUT2D eigenvalue weighted by atomic mass is 10.1. The van der Waals surface area contributed by atoms with E-state index in [1.165, 1.54) is 0 Å². The Bertz CT molecular complexity index is 68.1. The molecule has 0 amide bonds. The molecule has 2 unspecified atom stereocenters. The van der Waals surface area contributed by atoms with Gasteiger partial charge in [-0.05, 0) is 6.42 Å². The molecule has 0 aliphatic carbocycles. The molecule has 0 spiro atoms. The molecule has 0 bridgehead atoms. The number of hydrogen-bond acceptors (Lipinski definition) is 3. The fourth-order valence-electron chi connectivity index (χ4n) is 0.645. The molecule has 0 aromatic rings. The van der Waals surface area contributed by atoms with Crippen LogP contribution in [0.1, 0.15) is 19.8 Å². The quantitative estimate of drug-likeness (QED) is 0.483. The van der Waals surface area contributed by atoms with Gasteiger partial charge in [0.25, 0.3) is 0 Å². The van der Waals surface area contributed by atoms with Gasteiger partial charge in [-0.3, -0.25) is 0 Å². The lowest BCUT2D eigenvalue weighted by Crippen LogP contribution is -2.32. The molecule has 0 aromatic heterocycles. The lowest BCUT2D eigenvalue weighted by molar-refractivity contribution is 0.0200. The molecule has 0 fully saturated rings. The van der Waals surface area contributed by atoms with Crippen molar-refractivity contribution in [1.29, 1.82) is 0 Å². The van der Waals surface area contributed by atoms with Crippen LogP contribution in [0.5, 0.6) is 0 Å². The Morgan fingerprint density at radius 3 is 2.22 bits per heavy atom. The summed E-state index contributed by atoms with van der Waals surface area (Å²) in [5.74, 6) is 0. The molecule has 0 aliphatic rings. The maximum Gasteiger partial charge on any atom is 0.0920 e. The highest BCUT2D eigenvalue weighted by molar-refractivity contribution is 4.66. The highest BCUT2D eigenvalue weighted by atomic mass is 16.3. The van der Waals surface area contributed by atoms with Gasteiger partial charge >= 0.3 is 0 Å². The van der Waals surface area contributed by atoms with Gasteiger partial charge in [-0.25, -0.2) is 0 Å². The fourth-order valence-corrected chi connectivity index (χ4v) is 0.645. The van der Waals surface area contributed by atoms with E-state index in [0.717, 1.165) is 6.42 Å². The topological polar surface area (TPSA) is 66.5 Å². The largest absolute Gasteiger partial charge is 0.390 e. The van der Waals surface area contributed by atoms with Crippen LogP contribution in [-0.2, 0) is 0 Å². The third kappa shape index (κ3) is 3.46. The molecular weight excluding hydrogens is 118 g/mol. The van der Waals surface area contributed by atoms with Crippen molar-refractivity contribution in [3.63, 3.8) is 0 Å². The number of nitrogens with two attached hydrogens (primary N) is 1. The van der Waals surface area contributed by atoms with Crippen molar-refractivity contribution in [2.45, 2.75) is 32.0 Å². The van der Waals surface area contributed by atoms with Crippen LogP contribution in [0, 0.1) is 0 Å². The van der Waals surface area contributed by atoms with Crippen LogP contribution in [0.2, 0.25) is 0 Å². The van der Waals surface area contributed by atoms with Crippen molar-refractivity contribution < 1.29 is 10.2 Å². The third-order valence-electron chi connectivity index (χ3n) is 1.27. The second-order valence-electron chi connectivity index (χ2n) is 2.16. The number of hydrogen-bond donors (Lipinski definition) is 3. The Kier molecular flexibility index (Phi) is 4.67. The molecule has 0 radical (unpaired) electrons. The summed E-state index contributed by atoms with van der Waals surface area (Å²) >= 11 is 0. The first-order valence-corrected chi connectivity index (χ1v) is 3.28. The van der Waals surface area contributed by atoms with Crippen molar-refractivity contribution in [1.82, 2.24) is 0 Å². The molecule has 0 aliphatic heterocycles. The summed E-state index contributed by atoms with van der Waals surface area (Å²) in [6, 6.07) is 0. The summed E-state index contributed by atoms with van der Waals surface area (Å²) in [6.07, 6.45) is 0.112. The summed E-state index contributed by atoms with van der Waals surface area (Å²) in [7, 11) is 0. The molecule has 9 heavy (non-hydrogen) atoms. The van der Waals surface area contributed by atoms with E-state index >= 15 is 0 Å². The minimum atomic E-state index is -0.745. The number of aliphatic hydroxyl groups excluding tert-OH is 2. The zero-order valence-electron chi connectivity index (χ0n) is 5.75. The van der Waals surface area contributed by atoms with E-state index in [1.54, 1.807) is 0 Å². The van der Waals surface area contributed by atoms with Crippen LogP contribution in [-0.4, -0.2) is 29.0 Å². The van der Waals surface area contributed by atoms with Gasteiger partial charge in [-0.15, -0.1) is 0 Å². The molecule has 56 valence electrons. The summed E-state index contributed by atoms with van der Waals surface area (Å²) in [5.41, 5.74) is 5.09. The standard InChI is InChI=1S/C6H15NO2/c1-2-3-5(8)6(9)4-7/h5-6,8-9H,2-4,7H2,1H3. The average molecular weight is 133 g/mol. The Labute approximate surface area is 55.5 Å². The highest BCUT2D eigenvalue weighted by Crippen LogP contribution is 1.99. The molecule has 2 atom stereocenters. The van der Waals surface area contributed by atoms with Crippen molar-refractivity contribution in [3.8, 4) is 0 Å². The van der Waals surface area contributed by atoms with Crippen LogP contribution in [0.15, 0.2) is 0 Å². The summed E-state index contributed by atoms with van der Waals surface area (Å²) in [6.45, 7) is 2.09. The van der Waals surface area contributed by atoms with Crippen LogP contribution < -0.4 is 5.73 Å². The maximum absolute atomic E-state index is 8.99. The summed E-state index contributed by atoms with van der Waals surface area (Å²) < 4.78 is 0. The molecule has 0 rings (SSSR count). The van der Waals surface area contributed by atoms with Gasteiger partial charge in [-0.2, -0.15) is 0 Å². The van der Waals surface area contributed by atoms with E-state index in [9.17, 15) is 0 Å². The lowest BCUT2D eigenvalue weighted by Gasteiger charge is -2.13. The second-order valence-corrected chi connectivity index (χ2v) is 2.16. The van der Waals surface area contributed by atoms with Gasteiger partial charge in [-0.1, -0.05) is 13.3 Å². The van der Waals surface area contributed by atoms with Crippen LogP contribution in [0.3, 0.4) is 0 Å². The molecule has 3 heteroatoms. The third-order valence-corrected chi connectivity index (χ3v) is 1.27. The molecule has 3 nitrogen and oxygen atoms in total. The van der Waals surface area contributed by atoms with Gasteiger partial charge < -0.3 is 15.9 Å². The molecule has 0 saturated heterocycles. The zero-order valence-corrected chi connectivity index (χ0v) is 5.75. The molecule has 4 N–H and O–H groups in total. The highest BCUT2D eigenvalue weighted by Gasteiger charge is 2.11. The molecule has 0 heterocycles. The smallest absolute Gasteiger partial charge is 0.0920 e. The van der Waals surface area contributed by atoms with E-state index in [0.29, 0.717) is 6.42 Å². The van der Waals surface area contributed by atoms with E-state index in [2.05, 4.69) is 0 Å². The predicted molar refractivity (Wildman–Crippen MR) is 36.0 cm³/mol. The van der Waals surface area contributed by atoms with Crippen molar-refractivity contribution in [3.05, 3.63) is 0 Å². The first-order valence-electron chi connectivity index (χ1n) is 3.28. The number of rotatable bonds is 4. The fraction of sp³-hybridized carbons (Fsp3) is 1.00. The molecule has 0 aromatic carbocycles. The second kappa shape index (κ2) is 4.73. The van der Waals surface area contributed by atoms with E-state index < -0.39 is 12.2 Å². The van der Waals surface area contributed by atoms with E-state index in [1.807, 2.05) is 6.92 Å². The Hall–Kier alpha value is -0.120. The minimum absolute atomic E-state index is 0.140. The molecule has 0 saturated carbocycles. The van der Waals surface area contributed by atoms with Crippen LogP contribution >= 0.6 is 0 Å². The Balaban J connectivity index is 3.32. The summed E-state index contributed by atoms with van der Waals surface area (Å²) in [5, 5.41) is 17.9. The summed E-state index contributed by atoms with van der Waals surface area (Å²) in [4.78, 5) is 0. The van der Waals surface area contributed by atoms with Gasteiger partial charge in [0.2, 0.25) is 0 Å².